The number of hydrogen-bond acceptors (Lipinski definition) is 4. The zero-order valence-corrected chi connectivity index (χ0v) is 14.7. The third-order valence-corrected chi connectivity index (χ3v) is 4.20. The molecule has 1 atom stereocenters. The van der Waals surface area contributed by atoms with Gasteiger partial charge in [-0.15, -0.1) is 0 Å². The maximum atomic E-state index is 14.3. The number of carbonyl (C=O) groups excluding carboxylic acids is 1. The first-order valence-electron chi connectivity index (χ1n) is 8.33. The van der Waals surface area contributed by atoms with Gasteiger partial charge in [-0.1, -0.05) is 12.1 Å². The molecule has 0 aliphatic heterocycles. The van der Waals surface area contributed by atoms with Crippen molar-refractivity contribution < 1.29 is 27.5 Å². The first kappa shape index (κ1) is 20.1. The number of rotatable bonds is 4. The number of carbonyl (C=O) groups is 1. The Hall–Kier alpha value is -3.62. The van der Waals surface area contributed by atoms with Crippen molar-refractivity contribution in [1.29, 1.82) is 0 Å². The van der Waals surface area contributed by atoms with Crippen molar-refractivity contribution in [3.63, 3.8) is 0 Å². The summed E-state index contributed by atoms with van der Waals surface area (Å²) < 4.78 is 52.8. The molecule has 0 unspecified atom stereocenters. The van der Waals surface area contributed by atoms with E-state index in [0.29, 0.717) is 0 Å². The second-order valence-corrected chi connectivity index (χ2v) is 6.17. The average molecular weight is 405 g/mol. The van der Waals surface area contributed by atoms with E-state index >= 15 is 0 Å². The minimum Gasteiger partial charge on any atom is -0.506 e. The van der Waals surface area contributed by atoms with Crippen molar-refractivity contribution in [3.05, 3.63) is 89.0 Å². The summed E-state index contributed by atoms with van der Waals surface area (Å²) in [6, 6.07) is 9.06. The number of nitrogen functional groups attached to an aromatic ring is 1. The third-order valence-electron chi connectivity index (χ3n) is 4.20. The number of nitrogens with one attached hydrogen (secondary N) is 1. The van der Waals surface area contributed by atoms with Crippen LogP contribution in [0, 0.1) is 5.82 Å². The van der Waals surface area contributed by atoms with Gasteiger partial charge in [0.05, 0.1) is 17.3 Å². The smallest absolute Gasteiger partial charge is 0.416 e. The highest BCUT2D eigenvalue weighted by molar-refractivity contribution is 5.95. The number of pyridine rings is 1. The van der Waals surface area contributed by atoms with Crippen molar-refractivity contribution in [2.45, 2.75) is 12.2 Å². The van der Waals surface area contributed by atoms with Crippen LogP contribution in [0.3, 0.4) is 0 Å². The normalized spacial score (nSPS) is 12.4. The standard InChI is InChI=1S/C20H15F4N3O2/c21-14-2-1-9-26-18(14)17(11-3-6-13(7-4-11)20(22,23)24)27-19(29)12-5-8-16(28)15(25)10-12/h1-10,17,28H,25H2,(H,27,29)/t17-/m0/s1. The van der Waals surface area contributed by atoms with Crippen LogP contribution in [0.25, 0.3) is 0 Å². The summed E-state index contributed by atoms with van der Waals surface area (Å²) in [6.45, 7) is 0. The highest BCUT2D eigenvalue weighted by Gasteiger charge is 2.31. The number of phenolic OH excluding ortho intramolecular Hbond substituents is 1. The van der Waals surface area contributed by atoms with Gasteiger partial charge in [-0.2, -0.15) is 13.2 Å². The number of phenols is 1. The van der Waals surface area contributed by atoms with Gasteiger partial charge in [0.1, 0.15) is 17.3 Å². The van der Waals surface area contributed by atoms with Crippen molar-refractivity contribution >= 4 is 11.6 Å². The summed E-state index contributed by atoms with van der Waals surface area (Å²) in [5.74, 6) is -1.62. The van der Waals surface area contributed by atoms with Crippen LogP contribution in [0.4, 0.5) is 23.2 Å². The molecule has 0 bridgehead atoms. The maximum absolute atomic E-state index is 14.3. The highest BCUT2D eigenvalue weighted by Crippen LogP contribution is 2.31. The molecule has 0 saturated heterocycles. The zero-order valence-electron chi connectivity index (χ0n) is 14.7. The van der Waals surface area contributed by atoms with E-state index in [9.17, 15) is 27.5 Å². The zero-order chi connectivity index (χ0) is 21.2. The van der Waals surface area contributed by atoms with E-state index in [-0.39, 0.29) is 28.3 Å². The molecule has 1 aromatic heterocycles. The largest absolute Gasteiger partial charge is 0.506 e. The molecule has 0 saturated carbocycles. The maximum Gasteiger partial charge on any atom is 0.416 e. The second kappa shape index (κ2) is 7.78. The lowest BCUT2D eigenvalue weighted by molar-refractivity contribution is -0.137. The van der Waals surface area contributed by atoms with Crippen LogP contribution in [0.15, 0.2) is 60.8 Å². The quantitative estimate of drug-likeness (QED) is 0.347. The lowest BCUT2D eigenvalue weighted by Gasteiger charge is -2.20. The molecule has 0 aliphatic carbocycles. The summed E-state index contributed by atoms with van der Waals surface area (Å²) >= 11 is 0. The molecule has 150 valence electrons. The van der Waals surface area contributed by atoms with Gasteiger partial charge in [0, 0.05) is 11.8 Å². The molecule has 2 aromatic carbocycles. The Bertz CT molecular complexity index is 1040. The molecule has 0 aliphatic rings. The van der Waals surface area contributed by atoms with Crippen LogP contribution in [0.1, 0.15) is 33.2 Å². The molecule has 4 N–H and O–H groups in total. The van der Waals surface area contributed by atoms with Crippen LogP contribution < -0.4 is 11.1 Å². The number of anilines is 1. The van der Waals surface area contributed by atoms with E-state index in [0.717, 1.165) is 30.3 Å². The first-order valence-corrected chi connectivity index (χ1v) is 8.33. The van der Waals surface area contributed by atoms with Gasteiger partial charge >= 0.3 is 6.18 Å². The summed E-state index contributed by atoms with van der Waals surface area (Å²) in [6.07, 6.45) is -3.22. The van der Waals surface area contributed by atoms with Gasteiger partial charge in [0.2, 0.25) is 0 Å². The number of halogens is 4. The van der Waals surface area contributed by atoms with Gasteiger partial charge in [-0.05, 0) is 48.0 Å². The molecule has 29 heavy (non-hydrogen) atoms. The van der Waals surface area contributed by atoms with Crippen molar-refractivity contribution in [2.24, 2.45) is 0 Å². The predicted molar refractivity (Wildman–Crippen MR) is 97.5 cm³/mol. The summed E-state index contributed by atoms with van der Waals surface area (Å²) in [5, 5.41) is 12.0. The summed E-state index contributed by atoms with van der Waals surface area (Å²) in [5.41, 5.74) is 4.80. The number of nitrogens with two attached hydrogens (primary N) is 1. The van der Waals surface area contributed by atoms with Crippen molar-refractivity contribution in [2.75, 3.05) is 5.73 Å². The molecule has 5 nitrogen and oxygen atoms in total. The average Bonchev–Trinajstić information content (AvgIpc) is 2.68. The van der Waals surface area contributed by atoms with Crippen LogP contribution in [0.5, 0.6) is 5.75 Å². The first-order chi connectivity index (χ1) is 13.7. The molecular formula is C20H15F4N3O2. The Morgan fingerprint density at radius 1 is 1.10 bits per heavy atom. The Morgan fingerprint density at radius 2 is 1.79 bits per heavy atom. The summed E-state index contributed by atoms with van der Waals surface area (Å²) in [4.78, 5) is 16.6. The fraction of sp³-hybridized carbons (Fsp3) is 0.100. The number of benzene rings is 2. The third kappa shape index (κ3) is 4.45. The molecular weight excluding hydrogens is 390 g/mol. The second-order valence-electron chi connectivity index (χ2n) is 6.17. The van der Waals surface area contributed by atoms with Crippen LogP contribution >= 0.6 is 0 Å². The van der Waals surface area contributed by atoms with Gasteiger partial charge < -0.3 is 16.2 Å². The van der Waals surface area contributed by atoms with Crippen LogP contribution in [-0.4, -0.2) is 16.0 Å². The van der Waals surface area contributed by atoms with E-state index in [4.69, 9.17) is 5.73 Å². The number of amides is 1. The monoisotopic (exact) mass is 405 g/mol. The Balaban J connectivity index is 1.99. The van der Waals surface area contributed by atoms with Crippen molar-refractivity contribution in [1.82, 2.24) is 10.3 Å². The molecule has 0 fully saturated rings. The molecule has 1 amide bonds. The Morgan fingerprint density at radius 3 is 2.38 bits per heavy atom. The van der Waals surface area contributed by atoms with Crippen LogP contribution in [0.2, 0.25) is 0 Å². The molecule has 0 spiro atoms. The SMILES string of the molecule is Nc1cc(C(=O)N[C@@H](c2ccc(C(F)(F)F)cc2)c2ncccc2F)ccc1O. The van der Waals surface area contributed by atoms with Gasteiger partial charge in [0.25, 0.3) is 5.91 Å². The lowest BCUT2D eigenvalue weighted by atomic mass is 10.00. The summed E-state index contributed by atoms with van der Waals surface area (Å²) in [7, 11) is 0. The van der Waals surface area contributed by atoms with Gasteiger partial charge in [-0.25, -0.2) is 4.39 Å². The highest BCUT2D eigenvalue weighted by atomic mass is 19.4. The van der Waals surface area contributed by atoms with E-state index in [2.05, 4.69) is 10.3 Å². The van der Waals surface area contributed by atoms with E-state index in [1.807, 2.05) is 0 Å². The van der Waals surface area contributed by atoms with Gasteiger partial charge in [-0.3, -0.25) is 9.78 Å². The molecule has 9 heteroatoms. The fourth-order valence-corrected chi connectivity index (χ4v) is 2.69. The number of aromatic nitrogens is 1. The minimum absolute atomic E-state index is 0.0345. The van der Waals surface area contributed by atoms with E-state index in [1.165, 1.54) is 30.5 Å². The Labute approximate surface area is 162 Å². The van der Waals surface area contributed by atoms with E-state index in [1.54, 1.807) is 0 Å². The number of nitrogens with zero attached hydrogens (tertiary/aromatic N) is 1. The molecule has 3 rings (SSSR count). The fourth-order valence-electron chi connectivity index (χ4n) is 2.69. The van der Waals surface area contributed by atoms with Gasteiger partial charge in [0.15, 0.2) is 0 Å². The number of hydrogen-bond donors (Lipinski definition) is 3. The minimum atomic E-state index is -4.53. The van der Waals surface area contributed by atoms with Crippen molar-refractivity contribution in [3.8, 4) is 5.75 Å². The number of aromatic hydroxyl groups is 1. The lowest BCUT2D eigenvalue weighted by Crippen LogP contribution is -2.30. The molecule has 3 aromatic rings. The Kier molecular flexibility index (Phi) is 5.40. The predicted octanol–water partition coefficient (Wildman–Crippen LogP) is 4.05. The van der Waals surface area contributed by atoms with Crippen LogP contribution in [-0.2, 0) is 6.18 Å². The molecule has 1 heterocycles. The number of alkyl halides is 3. The topological polar surface area (TPSA) is 88.2 Å². The molecule has 0 radical (unpaired) electrons. The van der Waals surface area contributed by atoms with E-state index < -0.39 is 29.5 Å².